The maximum absolute atomic E-state index is 13.5. The fourth-order valence-corrected chi connectivity index (χ4v) is 5.56. The molecule has 4 heterocycles. The van der Waals surface area contributed by atoms with E-state index in [2.05, 4.69) is 31.8 Å². The topological polar surface area (TPSA) is 102 Å². The van der Waals surface area contributed by atoms with Crippen LogP contribution in [0.2, 0.25) is 0 Å². The molecule has 1 fully saturated rings. The number of rotatable bonds is 3. The molecule has 6 rings (SSSR count). The number of benzene rings is 2. The van der Waals surface area contributed by atoms with Crippen LogP contribution >= 0.6 is 11.3 Å². The maximum Gasteiger partial charge on any atom is 0.301 e. The Hall–Kier alpha value is -4.24. The zero-order valence-corrected chi connectivity index (χ0v) is 21.2. The summed E-state index contributed by atoms with van der Waals surface area (Å²) in [6.07, 6.45) is 1.59. The van der Waals surface area contributed by atoms with Crippen LogP contribution in [0.25, 0.3) is 16.0 Å². The summed E-state index contributed by atoms with van der Waals surface area (Å²) in [7, 11) is 0. The van der Waals surface area contributed by atoms with E-state index in [1.165, 1.54) is 16.2 Å². The minimum Gasteiger partial charge on any atom is -0.507 e. The average Bonchev–Trinajstić information content (AvgIpc) is 3.59. The lowest BCUT2D eigenvalue weighted by Gasteiger charge is -2.21. The monoisotopic (exact) mass is 513 g/mol. The second-order valence-electron chi connectivity index (χ2n) is 9.92. The summed E-state index contributed by atoms with van der Waals surface area (Å²) < 4.78 is 11.7. The Morgan fingerprint density at radius 2 is 1.86 bits per heavy atom. The van der Waals surface area contributed by atoms with Gasteiger partial charge in [-0.2, -0.15) is 0 Å². The largest absolute Gasteiger partial charge is 0.507 e. The molecule has 9 heteroatoms. The average molecular weight is 514 g/mol. The first-order valence-corrected chi connectivity index (χ1v) is 12.6. The standard InChI is InChI=1S/C28H23N3O5S/c1-28(2,3)16-8-9-17-21(13-16)37-27(30-17)31-23(18-6-4-5-11-29-18)22(25(33)26(31)34)24(32)15-7-10-19-20(12-15)36-14-35-19/h4-13,23,32H,14H2,1-3H3/b24-22+. The minimum atomic E-state index is -0.950. The van der Waals surface area contributed by atoms with E-state index in [0.717, 1.165) is 15.8 Å². The summed E-state index contributed by atoms with van der Waals surface area (Å²) in [6, 6.07) is 15.2. The van der Waals surface area contributed by atoms with Gasteiger partial charge in [-0.05, 0) is 53.4 Å². The molecule has 186 valence electrons. The predicted octanol–water partition coefficient (Wildman–Crippen LogP) is 5.34. The SMILES string of the molecule is CC(C)(C)c1ccc2nc(N3C(=O)C(=O)/C(=C(/O)c4ccc5c(c4)OCO5)C3c3ccccn3)sc2c1. The van der Waals surface area contributed by atoms with Gasteiger partial charge in [0.25, 0.3) is 5.78 Å². The summed E-state index contributed by atoms with van der Waals surface area (Å²) in [5.41, 5.74) is 2.53. The maximum atomic E-state index is 13.5. The molecule has 1 amide bonds. The summed E-state index contributed by atoms with van der Waals surface area (Å²) in [6.45, 7) is 6.47. The molecule has 0 saturated carbocycles. The molecule has 0 radical (unpaired) electrons. The van der Waals surface area contributed by atoms with Crippen LogP contribution in [-0.4, -0.2) is 33.6 Å². The zero-order chi connectivity index (χ0) is 25.9. The second-order valence-corrected chi connectivity index (χ2v) is 10.9. The molecule has 1 saturated heterocycles. The molecule has 0 bridgehead atoms. The first kappa shape index (κ1) is 23.2. The van der Waals surface area contributed by atoms with Gasteiger partial charge in [-0.25, -0.2) is 4.98 Å². The number of hydrogen-bond donors (Lipinski definition) is 1. The molecule has 2 aromatic carbocycles. The van der Waals surface area contributed by atoms with Gasteiger partial charge >= 0.3 is 5.91 Å². The lowest BCUT2D eigenvalue weighted by atomic mass is 9.87. The normalized spacial score (nSPS) is 18.7. The van der Waals surface area contributed by atoms with E-state index in [-0.39, 0.29) is 23.5 Å². The van der Waals surface area contributed by atoms with Crippen molar-refractivity contribution in [1.82, 2.24) is 9.97 Å². The van der Waals surface area contributed by atoms with Crippen molar-refractivity contribution < 1.29 is 24.2 Å². The Morgan fingerprint density at radius 1 is 1.05 bits per heavy atom. The van der Waals surface area contributed by atoms with Gasteiger partial charge in [0.15, 0.2) is 16.6 Å². The van der Waals surface area contributed by atoms with E-state index in [4.69, 9.17) is 14.5 Å². The fraction of sp³-hybridized carbons (Fsp3) is 0.214. The number of aliphatic hydroxyl groups is 1. The molecule has 2 aromatic heterocycles. The van der Waals surface area contributed by atoms with Crippen molar-refractivity contribution in [1.29, 1.82) is 0 Å². The van der Waals surface area contributed by atoms with Gasteiger partial charge in [0.05, 0.1) is 21.5 Å². The second kappa shape index (κ2) is 8.41. The highest BCUT2D eigenvalue weighted by Crippen LogP contribution is 2.45. The van der Waals surface area contributed by atoms with Gasteiger partial charge in [-0.1, -0.05) is 44.2 Å². The summed E-state index contributed by atoms with van der Waals surface area (Å²) in [4.78, 5) is 37.3. The number of carbonyl (C=O) groups is 2. The van der Waals surface area contributed by atoms with Crippen LogP contribution in [0.4, 0.5) is 5.13 Å². The summed E-state index contributed by atoms with van der Waals surface area (Å²) >= 11 is 1.33. The summed E-state index contributed by atoms with van der Waals surface area (Å²) in [5, 5.41) is 11.7. The van der Waals surface area contributed by atoms with Crippen LogP contribution in [0.1, 0.15) is 43.6 Å². The van der Waals surface area contributed by atoms with Crippen LogP contribution in [0.15, 0.2) is 66.4 Å². The van der Waals surface area contributed by atoms with Crippen molar-refractivity contribution in [2.24, 2.45) is 0 Å². The molecule has 0 spiro atoms. The fourth-order valence-electron chi connectivity index (χ4n) is 4.53. The number of thiazole rings is 1. The van der Waals surface area contributed by atoms with Crippen LogP contribution in [0, 0.1) is 0 Å². The van der Waals surface area contributed by atoms with Gasteiger partial charge in [-0.15, -0.1) is 0 Å². The number of aromatic nitrogens is 2. The van der Waals surface area contributed by atoms with Gasteiger partial charge in [0.2, 0.25) is 6.79 Å². The van der Waals surface area contributed by atoms with Crippen molar-refractivity contribution in [2.75, 3.05) is 11.7 Å². The number of ketones is 1. The van der Waals surface area contributed by atoms with Crippen molar-refractivity contribution in [3.8, 4) is 11.5 Å². The molecular formula is C28H23N3O5S. The molecule has 4 aromatic rings. The molecule has 1 atom stereocenters. The highest BCUT2D eigenvalue weighted by molar-refractivity contribution is 7.22. The lowest BCUT2D eigenvalue weighted by molar-refractivity contribution is -0.132. The number of ether oxygens (including phenoxy) is 2. The van der Waals surface area contributed by atoms with Crippen molar-refractivity contribution in [2.45, 2.75) is 32.2 Å². The van der Waals surface area contributed by atoms with Gasteiger partial charge < -0.3 is 14.6 Å². The van der Waals surface area contributed by atoms with Crippen LogP contribution < -0.4 is 14.4 Å². The Morgan fingerprint density at radius 3 is 2.62 bits per heavy atom. The number of carbonyl (C=O) groups excluding carboxylic acids is 2. The third kappa shape index (κ3) is 3.82. The third-order valence-corrected chi connectivity index (χ3v) is 7.53. The Bertz CT molecular complexity index is 1600. The molecule has 37 heavy (non-hydrogen) atoms. The van der Waals surface area contributed by atoms with Gasteiger partial charge in [0, 0.05) is 11.8 Å². The summed E-state index contributed by atoms with van der Waals surface area (Å²) in [5.74, 6) is -0.893. The van der Waals surface area contributed by atoms with Gasteiger partial charge in [0.1, 0.15) is 11.8 Å². The number of aliphatic hydroxyl groups excluding tert-OH is 1. The lowest BCUT2D eigenvalue weighted by Crippen LogP contribution is -2.29. The van der Waals surface area contributed by atoms with E-state index in [1.54, 1.807) is 42.6 Å². The molecule has 0 aliphatic carbocycles. The molecule has 1 unspecified atom stereocenters. The van der Waals surface area contributed by atoms with Crippen LogP contribution in [0.3, 0.4) is 0 Å². The number of Topliss-reactive ketones (excluding diaryl/α,β-unsaturated/α-hetero) is 1. The number of hydrogen-bond acceptors (Lipinski definition) is 8. The van der Waals surface area contributed by atoms with Crippen LogP contribution in [0.5, 0.6) is 11.5 Å². The van der Waals surface area contributed by atoms with Crippen molar-refractivity contribution in [3.05, 3.63) is 83.2 Å². The van der Waals surface area contributed by atoms with E-state index in [0.29, 0.717) is 27.9 Å². The number of fused-ring (bicyclic) bond motifs is 2. The molecule has 2 aliphatic heterocycles. The van der Waals surface area contributed by atoms with Gasteiger partial charge in [-0.3, -0.25) is 19.5 Å². The number of anilines is 1. The Labute approximate surface area is 216 Å². The van der Waals surface area contributed by atoms with E-state index in [1.807, 2.05) is 12.1 Å². The van der Waals surface area contributed by atoms with Crippen molar-refractivity contribution in [3.63, 3.8) is 0 Å². The zero-order valence-electron chi connectivity index (χ0n) is 20.4. The quantitative estimate of drug-likeness (QED) is 0.224. The first-order chi connectivity index (χ1) is 17.7. The van der Waals surface area contributed by atoms with E-state index >= 15 is 0 Å². The number of nitrogens with zero attached hydrogens (tertiary/aromatic N) is 3. The molecule has 1 N–H and O–H groups in total. The molecule has 8 nitrogen and oxygen atoms in total. The number of amides is 1. The number of pyridine rings is 1. The molecule has 2 aliphatic rings. The predicted molar refractivity (Wildman–Crippen MR) is 140 cm³/mol. The first-order valence-electron chi connectivity index (χ1n) is 11.8. The Balaban J connectivity index is 1.52. The van der Waals surface area contributed by atoms with Crippen molar-refractivity contribution >= 4 is 44.1 Å². The smallest absolute Gasteiger partial charge is 0.301 e. The van der Waals surface area contributed by atoms with Crippen LogP contribution in [-0.2, 0) is 15.0 Å². The third-order valence-electron chi connectivity index (χ3n) is 6.51. The molecular weight excluding hydrogens is 490 g/mol. The van der Waals surface area contributed by atoms with E-state index < -0.39 is 17.7 Å². The van der Waals surface area contributed by atoms with E-state index in [9.17, 15) is 14.7 Å². The highest BCUT2D eigenvalue weighted by Gasteiger charge is 2.49. The highest BCUT2D eigenvalue weighted by atomic mass is 32.1. The Kier molecular flexibility index (Phi) is 5.27. The minimum absolute atomic E-state index is 0.0550.